The topological polar surface area (TPSA) is 127 Å². The van der Waals surface area contributed by atoms with Crippen molar-refractivity contribution in [3.8, 4) is 0 Å². The summed E-state index contributed by atoms with van der Waals surface area (Å²) in [7, 11) is 0. The lowest BCUT2D eigenvalue weighted by molar-refractivity contribution is -0.287. The second-order valence-electron chi connectivity index (χ2n) is 5.48. The maximum absolute atomic E-state index is 12.2. The predicted molar refractivity (Wildman–Crippen MR) is 71.8 cm³/mol. The van der Waals surface area contributed by atoms with Crippen LogP contribution in [0.5, 0.6) is 0 Å². The van der Waals surface area contributed by atoms with E-state index in [0.29, 0.717) is 0 Å². The Morgan fingerprint density at radius 2 is 1.55 bits per heavy atom. The monoisotopic (exact) mass is 316 g/mol. The third-order valence-corrected chi connectivity index (χ3v) is 3.89. The van der Waals surface area contributed by atoms with E-state index >= 15 is 0 Å². The third kappa shape index (κ3) is 2.37. The molecule has 0 saturated carbocycles. The number of hydrogen-bond donors (Lipinski definition) is 2. The van der Waals surface area contributed by atoms with E-state index in [1.165, 1.54) is 6.92 Å². The molecule has 0 aromatic rings. The molecule has 1 heterocycles. The summed E-state index contributed by atoms with van der Waals surface area (Å²) in [5.41, 5.74) is -5.43. The van der Waals surface area contributed by atoms with Crippen LogP contribution in [0.4, 0.5) is 0 Å². The van der Waals surface area contributed by atoms with Gasteiger partial charge in [-0.3, -0.25) is 19.2 Å². The van der Waals surface area contributed by atoms with Gasteiger partial charge >= 0.3 is 5.97 Å². The minimum atomic E-state index is -2.79. The second kappa shape index (κ2) is 5.86. The molecule has 5 atom stereocenters. The van der Waals surface area contributed by atoms with Gasteiger partial charge in [-0.05, 0) is 27.7 Å². The molecular weight excluding hydrogens is 296 g/mol. The Hall–Kier alpha value is -1.64. The summed E-state index contributed by atoms with van der Waals surface area (Å²) in [4.78, 5) is 47.6. The number of rotatable bonds is 4. The minimum Gasteiger partial charge on any atom is -0.444 e. The molecule has 1 aliphatic heterocycles. The molecule has 1 unspecified atom stereocenters. The number of carbonyl (C=O) groups excluding carboxylic acids is 4. The van der Waals surface area contributed by atoms with Crippen LogP contribution >= 0.6 is 0 Å². The fraction of sp³-hybridized carbons (Fsp3) is 0.714. The average Bonchev–Trinajstić information content (AvgIpc) is 2.37. The molecule has 0 radical (unpaired) electrons. The average molecular weight is 316 g/mol. The Morgan fingerprint density at radius 3 is 1.86 bits per heavy atom. The molecule has 22 heavy (non-hydrogen) atoms. The predicted octanol–water partition coefficient (Wildman–Crippen LogP) is -1.07. The summed E-state index contributed by atoms with van der Waals surface area (Å²) in [6.45, 7) is 5.22. The molecule has 8 heteroatoms. The normalized spacial score (nSPS) is 38.2. The smallest absolute Gasteiger partial charge is 0.303 e. The summed E-state index contributed by atoms with van der Waals surface area (Å²) in [6.07, 6.45) is -4.70. The van der Waals surface area contributed by atoms with Crippen LogP contribution in [-0.2, 0) is 28.7 Å². The number of ketones is 3. The lowest BCUT2D eigenvalue weighted by Crippen LogP contribution is -2.80. The largest absolute Gasteiger partial charge is 0.444 e. The van der Waals surface area contributed by atoms with Crippen molar-refractivity contribution >= 4 is 23.3 Å². The van der Waals surface area contributed by atoms with Gasteiger partial charge in [0.05, 0.1) is 6.10 Å². The maximum atomic E-state index is 12.2. The Kier molecular flexibility index (Phi) is 4.91. The Balaban J connectivity index is 3.76. The van der Waals surface area contributed by atoms with Gasteiger partial charge in [0.25, 0.3) is 0 Å². The number of esters is 1. The van der Waals surface area contributed by atoms with Gasteiger partial charge in [0, 0.05) is 6.92 Å². The highest BCUT2D eigenvalue weighted by Crippen LogP contribution is 2.43. The van der Waals surface area contributed by atoms with E-state index < -0.39 is 52.8 Å². The zero-order chi connectivity index (χ0) is 17.5. The van der Waals surface area contributed by atoms with Gasteiger partial charge in [-0.15, -0.1) is 0 Å². The Morgan fingerprint density at radius 1 is 1.05 bits per heavy atom. The van der Waals surface area contributed by atoms with Crippen molar-refractivity contribution in [1.29, 1.82) is 0 Å². The van der Waals surface area contributed by atoms with Gasteiger partial charge in [-0.1, -0.05) is 0 Å². The number of hydrogen-bond acceptors (Lipinski definition) is 8. The standard InChI is InChI=1S/C14H20O8/c1-6(15)12-14(9(4)17,22-10(5)18)13(20,8(3)16)11(19)7(2)21-12/h7,11-12,19-20H,1-5H3/t7-,11-,12?,13+,14-/m1/s1. The first kappa shape index (κ1) is 18.4. The van der Waals surface area contributed by atoms with E-state index in [4.69, 9.17) is 9.47 Å². The Bertz CT molecular complexity index is 527. The molecule has 2 N–H and O–H groups in total. The van der Waals surface area contributed by atoms with Crippen LogP contribution < -0.4 is 0 Å². The van der Waals surface area contributed by atoms with Gasteiger partial charge < -0.3 is 19.7 Å². The van der Waals surface area contributed by atoms with E-state index in [9.17, 15) is 29.4 Å². The highest BCUT2D eigenvalue weighted by atomic mass is 16.6. The Labute approximate surface area is 127 Å². The first-order chi connectivity index (χ1) is 9.92. The molecule has 0 spiro atoms. The number of aliphatic hydroxyl groups is 2. The van der Waals surface area contributed by atoms with Crippen LogP contribution in [0, 0.1) is 0 Å². The first-order valence-electron chi connectivity index (χ1n) is 6.70. The van der Waals surface area contributed by atoms with E-state index in [2.05, 4.69) is 0 Å². The van der Waals surface area contributed by atoms with Crippen LogP contribution in [0.2, 0.25) is 0 Å². The molecule has 1 saturated heterocycles. The summed E-state index contributed by atoms with van der Waals surface area (Å²) in [5.74, 6) is -3.73. The molecule has 8 nitrogen and oxygen atoms in total. The van der Waals surface area contributed by atoms with Crippen LogP contribution in [0.1, 0.15) is 34.6 Å². The molecule has 0 bridgehead atoms. The van der Waals surface area contributed by atoms with Crippen molar-refractivity contribution in [2.45, 2.75) is 64.1 Å². The van der Waals surface area contributed by atoms with E-state index in [-0.39, 0.29) is 0 Å². The first-order valence-corrected chi connectivity index (χ1v) is 6.70. The van der Waals surface area contributed by atoms with Crippen molar-refractivity contribution in [3.05, 3.63) is 0 Å². The zero-order valence-corrected chi connectivity index (χ0v) is 13.1. The number of Topliss-reactive ketones (excluding diaryl/α,β-unsaturated/α-hetero) is 3. The van der Waals surface area contributed by atoms with Crippen LogP contribution in [-0.4, -0.2) is 63.0 Å². The zero-order valence-electron chi connectivity index (χ0n) is 13.1. The van der Waals surface area contributed by atoms with Crippen molar-refractivity contribution in [3.63, 3.8) is 0 Å². The fourth-order valence-corrected chi connectivity index (χ4v) is 2.88. The summed E-state index contributed by atoms with van der Waals surface area (Å²) < 4.78 is 10.2. The van der Waals surface area contributed by atoms with Crippen LogP contribution in [0.15, 0.2) is 0 Å². The highest BCUT2D eigenvalue weighted by Gasteiger charge is 2.73. The van der Waals surface area contributed by atoms with Crippen LogP contribution in [0.25, 0.3) is 0 Å². The van der Waals surface area contributed by atoms with Crippen LogP contribution in [0.3, 0.4) is 0 Å². The summed E-state index contributed by atoms with van der Waals surface area (Å²) >= 11 is 0. The van der Waals surface area contributed by atoms with Crippen molar-refractivity contribution < 1.29 is 38.9 Å². The number of aliphatic hydroxyl groups excluding tert-OH is 1. The molecule has 0 aromatic carbocycles. The lowest BCUT2D eigenvalue weighted by atomic mass is 9.66. The molecule has 1 fully saturated rings. The van der Waals surface area contributed by atoms with Crippen molar-refractivity contribution in [1.82, 2.24) is 0 Å². The molecule has 0 aliphatic carbocycles. The number of carbonyl (C=O) groups is 4. The molecule has 1 rings (SSSR count). The second-order valence-corrected chi connectivity index (χ2v) is 5.48. The van der Waals surface area contributed by atoms with Crippen molar-refractivity contribution in [2.24, 2.45) is 0 Å². The van der Waals surface area contributed by atoms with E-state index in [0.717, 1.165) is 27.7 Å². The van der Waals surface area contributed by atoms with Gasteiger partial charge in [-0.2, -0.15) is 0 Å². The summed E-state index contributed by atoms with van der Waals surface area (Å²) in [5, 5.41) is 21.0. The molecule has 1 aliphatic rings. The SMILES string of the molecule is CC(=O)O[C@]1(C(C)=O)C(C(C)=O)O[C@H](C)[C@@H](O)[C@@]1(O)C(C)=O. The maximum Gasteiger partial charge on any atom is 0.303 e. The molecule has 124 valence electrons. The third-order valence-electron chi connectivity index (χ3n) is 3.89. The van der Waals surface area contributed by atoms with E-state index in [1.807, 2.05) is 0 Å². The van der Waals surface area contributed by atoms with Crippen molar-refractivity contribution in [2.75, 3.05) is 0 Å². The van der Waals surface area contributed by atoms with Gasteiger partial charge in [0.15, 0.2) is 23.5 Å². The quantitative estimate of drug-likeness (QED) is 0.628. The van der Waals surface area contributed by atoms with E-state index in [1.54, 1.807) is 0 Å². The summed E-state index contributed by atoms with van der Waals surface area (Å²) in [6, 6.07) is 0. The number of ether oxygens (including phenoxy) is 2. The van der Waals surface area contributed by atoms with Gasteiger partial charge in [0.1, 0.15) is 6.10 Å². The fourth-order valence-electron chi connectivity index (χ4n) is 2.88. The molecule has 0 amide bonds. The highest BCUT2D eigenvalue weighted by molar-refractivity contribution is 6.04. The lowest BCUT2D eigenvalue weighted by Gasteiger charge is -2.53. The van der Waals surface area contributed by atoms with Gasteiger partial charge in [0.2, 0.25) is 11.2 Å². The van der Waals surface area contributed by atoms with Gasteiger partial charge in [-0.25, -0.2) is 0 Å². The molecule has 0 aromatic heterocycles. The molecular formula is C14H20O8. The minimum absolute atomic E-state index is 0.727.